The maximum Gasteiger partial charge on any atom is 0.123 e. The minimum absolute atomic E-state index is 0. The second-order valence-corrected chi connectivity index (χ2v) is 3.43. The quantitative estimate of drug-likeness (QED) is 0.718. The molecule has 0 fully saturated rings. The summed E-state index contributed by atoms with van der Waals surface area (Å²) in [6, 6.07) is 3.89. The van der Waals surface area contributed by atoms with E-state index in [9.17, 15) is 0 Å². The smallest absolute Gasteiger partial charge is 0.123 e. The third kappa shape index (κ3) is 1.52. The molecule has 1 aromatic rings. The Hall–Kier alpha value is -0.410. The van der Waals surface area contributed by atoms with E-state index in [0.29, 0.717) is 0 Å². The number of fused-ring (bicyclic) bond motifs is 1. The number of anilines is 1. The fourth-order valence-electron chi connectivity index (χ4n) is 1.22. The van der Waals surface area contributed by atoms with Gasteiger partial charge in [0, 0.05) is 16.6 Å². The maximum absolute atomic E-state index is 5.69. The molecule has 1 aromatic carbocycles. The van der Waals surface area contributed by atoms with Crippen molar-refractivity contribution in [2.24, 2.45) is 0 Å². The zero-order valence-electron chi connectivity index (χ0n) is 6.34. The summed E-state index contributed by atoms with van der Waals surface area (Å²) in [4.78, 5) is 0. The molecule has 0 radical (unpaired) electrons. The Kier molecular flexibility index (Phi) is 2.85. The van der Waals surface area contributed by atoms with Gasteiger partial charge in [-0.05, 0) is 33.6 Å². The van der Waals surface area contributed by atoms with Crippen LogP contribution in [0, 0.1) is 0 Å². The summed E-state index contributed by atoms with van der Waals surface area (Å²) in [5, 5.41) is 0. The van der Waals surface area contributed by atoms with E-state index in [1.807, 2.05) is 12.1 Å². The minimum atomic E-state index is 0. The largest absolute Gasteiger partial charge is 0.493 e. The van der Waals surface area contributed by atoms with Crippen molar-refractivity contribution in [3.8, 4) is 5.75 Å². The molecule has 0 aromatic heterocycles. The van der Waals surface area contributed by atoms with Gasteiger partial charge in [-0.3, -0.25) is 0 Å². The lowest BCUT2D eigenvalue weighted by molar-refractivity contribution is 0.356. The van der Waals surface area contributed by atoms with Gasteiger partial charge >= 0.3 is 0 Å². The molecular formula is C8H9BrClNO. The fourth-order valence-corrected chi connectivity index (χ4v) is 1.54. The molecule has 0 bridgehead atoms. The third-order valence-corrected chi connectivity index (χ3v) is 2.50. The van der Waals surface area contributed by atoms with Crippen LogP contribution in [0.15, 0.2) is 16.6 Å². The van der Waals surface area contributed by atoms with E-state index in [4.69, 9.17) is 10.5 Å². The Morgan fingerprint density at radius 2 is 2.17 bits per heavy atom. The zero-order valence-corrected chi connectivity index (χ0v) is 8.74. The van der Waals surface area contributed by atoms with Crippen molar-refractivity contribution in [2.45, 2.75) is 6.42 Å². The van der Waals surface area contributed by atoms with Crippen LogP contribution < -0.4 is 10.5 Å². The van der Waals surface area contributed by atoms with Crippen LogP contribution in [-0.4, -0.2) is 6.61 Å². The number of nitrogen functional groups attached to an aromatic ring is 1. The SMILES string of the molecule is Cl.Nc1cc2c(cc1Br)OCC2. The van der Waals surface area contributed by atoms with Gasteiger partial charge < -0.3 is 10.5 Å². The normalized spacial score (nSPS) is 13.1. The van der Waals surface area contributed by atoms with E-state index >= 15 is 0 Å². The first-order valence-corrected chi connectivity index (χ1v) is 4.27. The molecule has 0 saturated carbocycles. The number of halogens is 2. The predicted octanol–water partition coefficient (Wildman–Crippen LogP) is 2.39. The van der Waals surface area contributed by atoms with Crippen LogP contribution in [0.25, 0.3) is 0 Å². The van der Waals surface area contributed by atoms with Crippen LogP contribution in [0.4, 0.5) is 5.69 Å². The molecule has 2 N–H and O–H groups in total. The van der Waals surface area contributed by atoms with Crippen molar-refractivity contribution < 1.29 is 4.74 Å². The van der Waals surface area contributed by atoms with Gasteiger partial charge in [-0.2, -0.15) is 0 Å². The highest BCUT2D eigenvalue weighted by Gasteiger charge is 2.13. The molecular weight excluding hydrogens is 241 g/mol. The van der Waals surface area contributed by atoms with Crippen LogP contribution in [0.3, 0.4) is 0 Å². The molecule has 1 heterocycles. The molecule has 0 aliphatic carbocycles. The first kappa shape index (κ1) is 9.68. The van der Waals surface area contributed by atoms with E-state index in [0.717, 1.165) is 28.9 Å². The average molecular weight is 251 g/mol. The van der Waals surface area contributed by atoms with Crippen LogP contribution in [0.5, 0.6) is 5.75 Å². The summed E-state index contributed by atoms with van der Waals surface area (Å²) in [6.45, 7) is 0.783. The second-order valence-electron chi connectivity index (χ2n) is 2.58. The molecule has 1 aliphatic rings. The molecule has 4 heteroatoms. The molecule has 0 spiro atoms. The summed E-state index contributed by atoms with van der Waals surface area (Å²) in [6.07, 6.45) is 0.979. The topological polar surface area (TPSA) is 35.2 Å². The molecule has 1 aliphatic heterocycles. The Morgan fingerprint density at radius 1 is 1.42 bits per heavy atom. The number of rotatable bonds is 0. The van der Waals surface area contributed by atoms with Crippen molar-refractivity contribution in [3.05, 3.63) is 22.2 Å². The molecule has 66 valence electrons. The molecule has 2 nitrogen and oxygen atoms in total. The number of hydrogen-bond acceptors (Lipinski definition) is 2. The summed E-state index contributed by atoms with van der Waals surface area (Å²) in [5.74, 6) is 0.964. The first-order chi connectivity index (χ1) is 5.27. The second kappa shape index (κ2) is 3.54. The molecule has 0 amide bonds. The van der Waals surface area contributed by atoms with E-state index in [2.05, 4.69) is 15.9 Å². The van der Waals surface area contributed by atoms with Crippen molar-refractivity contribution in [1.82, 2.24) is 0 Å². The lowest BCUT2D eigenvalue weighted by Crippen LogP contribution is -1.87. The molecule has 0 atom stereocenters. The van der Waals surface area contributed by atoms with Crippen LogP contribution in [-0.2, 0) is 6.42 Å². The van der Waals surface area contributed by atoms with Gasteiger partial charge in [0.05, 0.1) is 6.61 Å². The highest BCUT2D eigenvalue weighted by atomic mass is 79.9. The van der Waals surface area contributed by atoms with E-state index in [-0.39, 0.29) is 12.4 Å². The Morgan fingerprint density at radius 3 is 2.92 bits per heavy atom. The first-order valence-electron chi connectivity index (χ1n) is 3.48. The molecule has 0 unspecified atom stereocenters. The number of hydrogen-bond donors (Lipinski definition) is 1. The van der Waals surface area contributed by atoms with Crippen molar-refractivity contribution in [1.29, 1.82) is 0 Å². The van der Waals surface area contributed by atoms with Gasteiger partial charge in [0.15, 0.2) is 0 Å². The van der Waals surface area contributed by atoms with E-state index in [1.54, 1.807) is 0 Å². The lowest BCUT2D eigenvalue weighted by Gasteiger charge is -2.01. The number of nitrogens with two attached hydrogens (primary N) is 1. The average Bonchev–Trinajstić information content (AvgIpc) is 2.36. The number of ether oxygens (including phenoxy) is 1. The van der Waals surface area contributed by atoms with Crippen molar-refractivity contribution >= 4 is 34.0 Å². The van der Waals surface area contributed by atoms with Crippen molar-refractivity contribution in [2.75, 3.05) is 12.3 Å². The summed E-state index contributed by atoms with van der Waals surface area (Å²) < 4.78 is 6.26. The predicted molar refractivity (Wildman–Crippen MR) is 55.0 cm³/mol. The van der Waals surface area contributed by atoms with Gasteiger partial charge in [-0.1, -0.05) is 0 Å². The fraction of sp³-hybridized carbons (Fsp3) is 0.250. The third-order valence-electron chi connectivity index (χ3n) is 1.81. The highest BCUT2D eigenvalue weighted by molar-refractivity contribution is 9.10. The number of benzene rings is 1. The Bertz CT molecular complexity index is 274. The van der Waals surface area contributed by atoms with Crippen LogP contribution >= 0.6 is 28.3 Å². The monoisotopic (exact) mass is 249 g/mol. The minimum Gasteiger partial charge on any atom is -0.493 e. The summed E-state index contributed by atoms with van der Waals surface area (Å²) in [5.41, 5.74) is 7.69. The van der Waals surface area contributed by atoms with Gasteiger partial charge in [0.25, 0.3) is 0 Å². The van der Waals surface area contributed by atoms with Gasteiger partial charge in [0.1, 0.15) is 5.75 Å². The lowest BCUT2D eigenvalue weighted by atomic mass is 10.1. The Labute approximate surface area is 85.6 Å². The molecule has 2 rings (SSSR count). The van der Waals surface area contributed by atoms with Crippen LogP contribution in [0.1, 0.15) is 5.56 Å². The van der Waals surface area contributed by atoms with Gasteiger partial charge in [-0.15, -0.1) is 12.4 Å². The van der Waals surface area contributed by atoms with Gasteiger partial charge in [-0.25, -0.2) is 0 Å². The van der Waals surface area contributed by atoms with E-state index in [1.165, 1.54) is 5.56 Å². The van der Waals surface area contributed by atoms with Crippen LogP contribution in [0.2, 0.25) is 0 Å². The van der Waals surface area contributed by atoms with Gasteiger partial charge in [0.2, 0.25) is 0 Å². The molecule has 12 heavy (non-hydrogen) atoms. The highest BCUT2D eigenvalue weighted by Crippen LogP contribution is 2.32. The van der Waals surface area contributed by atoms with Crippen molar-refractivity contribution in [3.63, 3.8) is 0 Å². The zero-order chi connectivity index (χ0) is 7.84. The standard InChI is InChI=1S/C8H8BrNO.ClH/c9-6-4-8-5(1-2-11-8)3-7(6)10;/h3-4H,1-2,10H2;1H. The molecule has 0 saturated heterocycles. The maximum atomic E-state index is 5.69. The summed E-state index contributed by atoms with van der Waals surface area (Å²) >= 11 is 3.34. The van der Waals surface area contributed by atoms with E-state index < -0.39 is 0 Å². The Balaban J connectivity index is 0.000000720. The summed E-state index contributed by atoms with van der Waals surface area (Å²) in [7, 11) is 0.